The van der Waals surface area contributed by atoms with Crippen molar-refractivity contribution in [3.05, 3.63) is 35.9 Å². The van der Waals surface area contributed by atoms with E-state index in [1.54, 1.807) is 0 Å². The molecule has 1 fully saturated rings. The molecule has 1 heterocycles. The van der Waals surface area contributed by atoms with Crippen LogP contribution >= 0.6 is 0 Å². The SMILES string of the molecule is CCCNC(CCC1CCCO1)Cc1ccccc1. The third-order valence-electron chi connectivity index (χ3n) is 3.87. The minimum absolute atomic E-state index is 0.515. The van der Waals surface area contributed by atoms with Crippen LogP contribution in [0.25, 0.3) is 0 Å². The highest BCUT2D eigenvalue weighted by molar-refractivity contribution is 5.15. The van der Waals surface area contributed by atoms with Gasteiger partial charge in [0.2, 0.25) is 0 Å². The lowest BCUT2D eigenvalue weighted by Gasteiger charge is -2.20. The lowest BCUT2D eigenvalue weighted by atomic mass is 9.99. The number of hydrogen-bond acceptors (Lipinski definition) is 2. The molecule has 1 aromatic rings. The van der Waals surface area contributed by atoms with Crippen LogP contribution in [0.15, 0.2) is 30.3 Å². The van der Waals surface area contributed by atoms with E-state index in [-0.39, 0.29) is 0 Å². The van der Waals surface area contributed by atoms with E-state index in [0.717, 1.165) is 19.6 Å². The average molecular weight is 261 g/mol. The zero-order valence-corrected chi connectivity index (χ0v) is 12.1. The predicted molar refractivity (Wildman–Crippen MR) is 80.4 cm³/mol. The first-order chi connectivity index (χ1) is 9.38. The Morgan fingerprint density at radius 3 is 2.84 bits per heavy atom. The second-order valence-electron chi connectivity index (χ2n) is 5.55. The Morgan fingerprint density at radius 2 is 2.16 bits per heavy atom. The molecule has 2 atom stereocenters. The van der Waals surface area contributed by atoms with E-state index in [1.165, 1.54) is 37.7 Å². The van der Waals surface area contributed by atoms with Crippen molar-refractivity contribution in [1.82, 2.24) is 5.32 Å². The normalized spacial score (nSPS) is 20.6. The molecular weight excluding hydrogens is 234 g/mol. The number of hydrogen-bond donors (Lipinski definition) is 1. The topological polar surface area (TPSA) is 21.3 Å². The predicted octanol–water partition coefficient (Wildman–Crippen LogP) is 3.56. The van der Waals surface area contributed by atoms with Crippen molar-refractivity contribution in [2.24, 2.45) is 0 Å². The van der Waals surface area contributed by atoms with E-state index in [9.17, 15) is 0 Å². The van der Waals surface area contributed by atoms with Crippen molar-refractivity contribution in [2.45, 2.75) is 57.6 Å². The maximum absolute atomic E-state index is 5.73. The molecule has 2 rings (SSSR count). The summed E-state index contributed by atoms with van der Waals surface area (Å²) < 4.78 is 5.73. The molecule has 106 valence electrons. The van der Waals surface area contributed by atoms with Crippen LogP contribution in [0.5, 0.6) is 0 Å². The van der Waals surface area contributed by atoms with Crippen molar-refractivity contribution in [2.75, 3.05) is 13.2 Å². The van der Waals surface area contributed by atoms with Gasteiger partial charge < -0.3 is 10.1 Å². The highest BCUT2D eigenvalue weighted by Crippen LogP contribution is 2.19. The second kappa shape index (κ2) is 8.34. The molecule has 1 aliphatic heterocycles. The summed E-state index contributed by atoms with van der Waals surface area (Å²) >= 11 is 0. The zero-order valence-electron chi connectivity index (χ0n) is 12.1. The summed E-state index contributed by atoms with van der Waals surface area (Å²) in [5, 5.41) is 3.69. The first-order valence-corrected chi connectivity index (χ1v) is 7.77. The summed E-state index contributed by atoms with van der Waals surface area (Å²) in [6.45, 7) is 4.31. The molecule has 0 amide bonds. The third-order valence-corrected chi connectivity index (χ3v) is 3.87. The lowest BCUT2D eigenvalue weighted by Crippen LogP contribution is -2.32. The minimum Gasteiger partial charge on any atom is -0.378 e. The van der Waals surface area contributed by atoms with Crippen LogP contribution in [0.4, 0.5) is 0 Å². The Hall–Kier alpha value is -0.860. The molecule has 1 saturated heterocycles. The highest BCUT2D eigenvalue weighted by atomic mass is 16.5. The smallest absolute Gasteiger partial charge is 0.0576 e. The molecule has 0 aliphatic carbocycles. The molecule has 0 saturated carbocycles. The fourth-order valence-corrected chi connectivity index (χ4v) is 2.78. The first-order valence-electron chi connectivity index (χ1n) is 7.77. The Morgan fingerprint density at radius 1 is 1.32 bits per heavy atom. The Balaban J connectivity index is 1.80. The molecular formula is C17H27NO. The molecule has 0 aromatic heterocycles. The van der Waals surface area contributed by atoms with Gasteiger partial charge in [0.05, 0.1) is 6.10 Å². The molecule has 2 heteroatoms. The van der Waals surface area contributed by atoms with Gasteiger partial charge in [0.15, 0.2) is 0 Å². The van der Waals surface area contributed by atoms with E-state index in [4.69, 9.17) is 4.74 Å². The van der Waals surface area contributed by atoms with Crippen molar-refractivity contribution in [3.63, 3.8) is 0 Å². The Bertz CT molecular complexity index is 332. The summed E-state index contributed by atoms with van der Waals surface area (Å²) in [4.78, 5) is 0. The summed E-state index contributed by atoms with van der Waals surface area (Å²) in [5.74, 6) is 0. The number of benzene rings is 1. The van der Waals surface area contributed by atoms with E-state index in [0.29, 0.717) is 12.1 Å². The van der Waals surface area contributed by atoms with Gasteiger partial charge in [-0.3, -0.25) is 0 Å². The van der Waals surface area contributed by atoms with Gasteiger partial charge in [0.25, 0.3) is 0 Å². The van der Waals surface area contributed by atoms with Gasteiger partial charge in [0.1, 0.15) is 0 Å². The van der Waals surface area contributed by atoms with Crippen LogP contribution in [0, 0.1) is 0 Å². The number of ether oxygens (including phenoxy) is 1. The van der Waals surface area contributed by atoms with E-state index in [2.05, 4.69) is 42.6 Å². The summed E-state index contributed by atoms with van der Waals surface area (Å²) in [5.41, 5.74) is 1.43. The van der Waals surface area contributed by atoms with Gasteiger partial charge in [-0.25, -0.2) is 0 Å². The van der Waals surface area contributed by atoms with Gasteiger partial charge in [-0.2, -0.15) is 0 Å². The lowest BCUT2D eigenvalue weighted by molar-refractivity contribution is 0.0995. The van der Waals surface area contributed by atoms with Gasteiger partial charge in [-0.05, 0) is 50.6 Å². The first kappa shape index (κ1) is 14.5. The molecule has 2 unspecified atom stereocenters. The molecule has 19 heavy (non-hydrogen) atoms. The summed E-state index contributed by atoms with van der Waals surface area (Å²) in [6.07, 6.45) is 7.77. The van der Waals surface area contributed by atoms with Crippen LogP contribution in [-0.4, -0.2) is 25.3 Å². The van der Waals surface area contributed by atoms with Crippen LogP contribution in [-0.2, 0) is 11.2 Å². The van der Waals surface area contributed by atoms with Crippen LogP contribution in [0.3, 0.4) is 0 Å². The molecule has 1 N–H and O–H groups in total. The maximum atomic E-state index is 5.73. The molecule has 1 aliphatic rings. The van der Waals surface area contributed by atoms with E-state index >= 15 is 0 Å². The van der Waals surface area contributed by atoms with Gasteiger partial charge >= 0.3 is 0 Å². The monoisotopic (exact) mass is 261 g/mol. The standard InChI is InChI=1S/C17H27NO/c1-2-12-18-16(10-11-17-9-6-13-19-17)14-15-7-4-3-5-8-15/h3-5,7-8,16-18H,2,6,9-14H2,1H3. The highest BCUT2D eigenvalue weighted by Gasteiger charge is 2.17. The molecule has 0 spiro atoms. The van der Waals surface area contributed by atoms with Crippen molar-refractivity contribution >= 4 is 0 Å². The third kappa shape index (κ3) is 5.33. The van der Waals surface area contributed by atoms with Crippen molar-refractivity contribution < 1.29 is 4.74 Å². The molecule has 2 nitrogen and oxygen atoms in total. The van der Waals surface area contributed by atoms with Crippen molar-refractivity contribution in [1.29, 1.82) is 0 Å². The zero-order chi connectivity index (χ0) is 13.3. The largest absolute Gasteiger partial charge is 0.378 e. The van der Waals surface area contributed by atoms with Gasteiger partial charge in [0, 0.05) is 12.6 Å². The molecule has 0 bridgehead atoms. The second-order valence-corrected chi connectivity index (χ2v) is 5.55. The van der Waals surface area contributed by atoms with Crippen LogP contribution < -0.4 is 5.32 Å². The fraction of sp³-hybridized carbons (Fsp3) is 0.647. The molecule has 1 aromatic carbocycles. The van der Waals surface area contributed by atoms with Crippen LogP contribution in [0.2, 0.25) is 0 Å². The van der Waals surface area contributed by atoms with E-state index in [1.807, 2.05) is 0 Å². The average Bonchev–Trinajstić information content (AvgIpc) is 2.96. The summed E-state index contributed by atoms with van der Waals surface area (Å²) in [6, 6.07) is 11.4. The number of rotatable bonds is 8. The Labute approximate surface area is 117 Å². The van der Waals surface area contributed by atoms with Gasteiger partial charge in [-0.15, -0.1) is 0 Å². The maximum Gasteiger partial charge on any atom is 0.0576 e. The fourth-order valence-electron chi connectivity index (χ4n) is 2.78. The van der Waals surface area contributed by atoms with E-state index < -0.39 is 0 Å². The minimum atomic E-state index is 0.515. The number of nitrogens with one attached hydrogen (secondary N) is 1. The van der Waals surface area contributed by atoms with Gasteiger partial charge in [-0.1, -0.05) is 37.3 Å². The Kier molecular flexibility index (Phi) is 6.38. The van der Waals surface area contributed by atoms with Crippen molar-refractivity contribution in [3.8, 4) is 0 Å². The summed E-state index contributed by atoms with van der Waals surface area (Å²) in [7, 11) is 0. The quantitative estimate of drug-likeness (QED) is 0.772. The van der Waals surface area contributed by atoms with Crippen LogP contribution in [0.1, 0.15) is 44.6 Å². The molecule has 0 radical (unpaired) electrons.